The van der Waals surface area contributed by atoms with Gasteiger partial charge in [0.05, 0.1) is 5.69 Å². The molecule has 0 amide bonds. The Kier molecular flexibility index (Phi) is 8.10. The van der Waals surface area contributed by atoms with Crippen molar-refractivity contribution in [2.24, 2.45) is 11.8 Å². The largest absolute Gasteiger partial charge is 0.421 e. The van der Waals surface area contributed by atoms with E-state index in [2.05, 4.69) is 26.9 Å². The molecule has 1 unspecified atom stereocenters. The fourth-order valence-electron chi connectivity index (χ4n) is 4.83. The molecule has 4 rings (SSSR count). The summed E-state index contributed by atoms with van der Waals surface area (Å²) in [6.45, 7) is 7.03. The van der Waals surface area contributed by atoms with Crippen LogP contribution in [0.5, 0.6) is 0 Å². The normalized spacial score (nSPS) is 23.4. The van der Waals surface area contributed by atoms with Gasteiger partial charge in [-0.05, 0) is 86.9 Å². The lowest BCUT2D eigenvalue weighted by Crippen LogP contribution is -2.36. The molecule has 10 heteroatoms. The fraction of sp³-hybridized carbons (Fsp3) is 0.600. The summed E-state index contributed by atoms with van der Waals surface area (Å²) in [5, 5.41) is 2.83. The van der Waals surface area contributed by atoms with Crippen molar-refractivity contribution in [3.63, 3.8) is 0 Å². The van der Waals surface area contributed by atoms with Gasteiger partial charge >= 0.3 is 6.18 Å². The molecule has 192 valence electrons. The van der Waals surface area contributed by atoms with Gasteiger partial charge in [-0.2, -0.15) is 18.2 Å². The molecule has 1 saturated heterocycles. The average molecular weight is 512 g/mol. The highest BCUT2D eigenvalue weighted by Crippen LogP contribution is 2.38. The lowest BCUT2D eigenvalue weighted by molar-refractivity contribution is -0.137. The molecule has 2 N–H and O–H groups in total. The van der Waals surface area contributed by atoms with E-state index in [4.69, 9.17) is 0 Å². The molecule has 2 aliphatic rings. The highest BCUT2D eigenvalue weighted by molar-refractivity contribution is 7.97. The van der Waals surface area contributed by atoms with E-state index in [0.717, 1.165) is 42.7 Å². The van der Waals surface area contributed by atoms with Crippen molar-refractivity contribution in [1.82, 2.24) is 14.7 Å². The van der Waals surface area contributed by atoms with Crippen LogP contribution in [0.4, 0.5) is 35.0 Å². The first-order chi connectivity index (χ1) is 16.6. The Labute approximate surface area is 208 Å². The molecular weight excluding hydrogens is 478 g/mol. The third-order valence-electron chi connectivity index (χ3n) is 6.89. The number of aryl methyl sites for hydroxylation is 1. The number of piperidine rings is 1. The summed E-state index contributed by atoms with van der Waals surface area (Å²) in [6, 6.07) is 3.69. The molecule has 0 radical (unpaired) electrons. The first-order valence-corrected chi connectivity index (χ1v) is 13.1. The van der Waals surface area contributed by atoms with Gasteiger partial charge < -0.3 is 10.2 Å². The van der Waals surface area contributed by atoms with Crippen LogP contribution >= 0.6 is 11.9 Å². The van der Waals surface area contributed by atoms with Crippen molar-refractivity contribution in [3.05, 3.63) is 35.3 Å². The van der Waals surface area contributed by atoms with Gasteiger partial charge in [-0.3, -0.25) is 4.72 Å². The van der Waals surface area contributed by atoms with Gasteiger partial charge in [0, 0.05) is 30.2 Å². The Balaban J connectivity index is 1.51. The lowest BCUT2D eigenvalue weighted by atomic mass is 9.88. The minimum atomic E-state index is -4.57. The molecule has 1 aliphatic carbocycles. The van der Waals surface area contributed by atoms with Crippen molar-refractivity contribution in [3.8, 4) is 0 Å². The number of rotatable bonds is 6. The van der Waals surface area contributed by atoms with Gasteiger partial charge in [-0.25, -0.2) is 9.37 Å². The SMILES string of the molecule is Cc1cc(SNC2CCC(C)CC2)cc(F)c1Nc1ncc(C(F)(F)F)c(N2CCCC(C)C2)n1. The van der Waals surface area contributed by atoms with Crippen LogP contribution in [0.15, 0.2) is 23.2 Å². The summed E-state index contributed by atoms with van der Waals surface area (Å²) in [6.07, 6.45) is 2.59. The highest BCUT2D eigenvalue weighted by atomic mass is 32.2. The van der Waals surface area contributed by atoms with Crippen molar-refractivity contribution in [1.29, 1.82) is 0 Å². The van der Waals surface area contributed by atoms with Gasteiger partial charge in [0.2, 0.25) is 5.95 Å². The van der Waals surface area contributed by atoms with Crippen molar-refractivity contribution >= 4 is 29.4 Å². The highest BCUT2D eigenvalue weighted by Gasteiger charge is 2.37. The van der Waals surface area contributed by atoms with Crippen LogP contribution in [0.1, 0.15) is 63.5 Å². The zero-order chi connectivity index (χ0) is 25.2. The number of benzene rings is 1. The lowest BCUT2D eigenvalue weighted by Gasteiger charge is -2.33. The monoisotopic (exact) mass is 511 g/mol. The van der Waals surface area contributed by atoms with Crippen LogP contribution in [-0.4, -0.2) is 29.1 Å². The van der Waals surface area contributed by atoms with E-state index in [0.29, 0.717) is 24.7 Å². The minimum Gasteiger partial charge on any atom is -0.356 e. The zero-order valence-electron chi connectivity index (χ0n) is 20.4. The van der Waals surface area contributed by atoms with Gasteiger partial charge in [0.15, 0.2) is 0 Å². The molecule has 0 spiro atoms. The Bertz CT molecular complexity index is 1000. The zero-order valence-corrected chi connectivity index (χ0v) is 21.2. The van der Waals surface area contributed by atoms with E-state index in [9.17, 15) is 13.2 Å². The van der Waals surface area contributed by atoms with E-state index in [1.54, 1.807) is 11.8 Å². The number of alkyl halides is 3. The molecule has 0 bridgehead atoms. The van der Waals surface area contributed by atoms with E-state index in [1.165, 1.54) is 30.9 Å². The smallest absolute Gasteiger partial charge is 0.356 e. The summed E-state index contributed by atoms with van der Waals surface area (Å²) >= 11 is 1.42. The van der Waals surface area contributed by atoms with Gasteiger partial charge in [0.25, 0.3) is 0 Å². The summed E-state index contributed by atoms with van der Waals surface area (Å²) in [5.41, 5.74) is -0.0777. The number of anilines is 3. The number of nitrogens with one attached hydrogen (secondary N) is 2. The number of hydrogen-bond acceptors (Lipinski definition) is 6. The van der Waals surface area contributed by atoms with Gasteiger partial charge in [-0.15, -0.1) is 0 Å². The maximum atomic E-state index is 15.0. The maximum absolute atomic E-state index is 15.0. The molecule has 5 nitrogen and oxygen atoms in total. The van der Waals surface area contributed by atoms with E-state index in [1.807, 2.05) is 13.0 Å². The molecule has 1 aromatic heterocycles. The van der Waals surface area contributed by atoms with Crippen LogP contribution in [0.25, 0.3) is 0 Å². The summed E-state index contributed by atoms with van der Waals surface area (Å²) < 4.78 is 59.5. The van der Waals surface area contributed by atoms with Gasteiger partial charge in [0.1, 0.15) is 17.2 Å². The number of halogens is 4. The van der Waals surface area contributed by atoms with Crippen LogP contribution in [0.2, 0.25) is 0 Å². The first-order valence-electron chi connectivity index (χ1n) is 12.3. The van der Waals surface area contributed by atoms with Gasteiger partial charge in [-0.1, -0.05) is 13.8 Å². The van der Waals surface area contributed by atoms with Crippen molar-refractivity contribution in [2.75, 3.05) is 23.3 Å². The quantitative estimate of drug-likeness (QED) is 0.319. The molecule has 2 heterocycles. The van der Waals surface area contributed by atoms with E-state index >= 15 is 4.39 Å². The number of nitrogens with zero attached hydrogens (tertiary/aromatic N) is 3. The first kappa shape index (κ1) is 26.0. The molecule has 2 fully saturated rings. The number of hydrogen-bond donors (Lipinski definition) is 2. The predicted molar refractivity (Wildman–Crippen MR) is 132 cm³/mol. The average Bonchev–Trinajstić information content (AvgIpc) is 2.80. The molecule has 1 saturated carbocycles. The third kappa shape index (κ3) is 6.58. The molecule has 1 atom stereocenters. The topological polar surface area (TPSA) is 53.1 Å². The van der Waals surface area contributed by atoms with Crippen molar-refractivity contribution in [2.45, 2.75) is 76.4 Å². The minimum absolute atomic E-state index is 0.0527. The Hall–Kier alpha value is -2.07. The molecule has 1 aliphatic heterocycles. The maximum Gasteiger partial charge on any atom is 0.421 e. The Morgan fingerprint density at radius 2 is 1.80 bits per heavy atom. The molecule has 1 aromatic carbocycles. The van der Waals surface area contributed by atoms with Crippen LogP contribution in [0.3, 0.4) is 0 Å². The standard InChI is InChI=1S/C25H33F4N5S/c1-15-6-8-18(9-7-15)33-35-19-11-17(3)22(21(26)12-19)31-24-30-13-20(25(27,28)29)23(32-24)34-10-4-5-16(2)14-34/h11-13,15-16,18,33H,4-10,14H2,1-3H3,(H,30,31,32). The summed E-state index contributed by atoms with van der Waals surface area (Å²) in [5.74, 6) is 0.324. The Morgan fingerprint density at radius 1 is 1.06 bits per heavy atom. The second kappa shape index (κ2) is 10.9. The van der Waals surface area contributed by atoms with Crippen LogP contribution in [-0.2, 0) is 6.18 Å². The van der Waals surface area contributed by atoms with Crippen molar-refractivity contribution < 1.29 is 17.6 Å². The summed E-state index contributed by atoms with van der Waals surface area (Å²) in [4.78, 5) is 10.5. The fourth-order valence-corrected chi connectivity index (χ4v) is 5.76. The molecule has 35 heavy (non-hydrogen) atoms. The van der Waals surface area contributed by atoms with Crippen LogP contribution < -0.4 is 14.9 Å². The number of aromatic nitrogens is 2. The summed E-state index contributed by atoms with van der Waals surface area (Å²) in [7, 11) is 0. The van der Waals surface area contributed by atoms with E-state index < -0.39 is 17.6 Å². The molecular formula is C25H33F4N5S. The third-order valence-corrected chi connectivity index (χ3v) is 7.81. The Morgan fingerprint density at radius 3 is 2.46 bits per heavy atom. The second-order valence-electron chi connectivity index (χ2n) is 10.0. The van der Waals surface area contributed by atoms with E-state index in [-0.39, 0.29) is 23.4 Å². The predicted octanol–water partition coefficient (Wildman–Crippen LogP) is 7.10. The second-order valence-corrected chi connectivity index (χ2v) is 10.9. The molecule has 2 aromatic rings. The van der Waals surface area contributed by atoms with Crippen LogP contribution in [0, 0.1) is 24.6 Å².